The summed E-state index contributed by atoms with van der Waals surface area (Å²) < 4.78 is 19.3. The average molecular weight is 323 g/mol. The molecule has 1 aliphatic rings. The van der Waals surface area contributed by atoms with E-state index in [0.717, 1.165) is 18.7 Å². The Kier molecular flexibility index (Phi) is 5.46. The Morgan fingerprint density at radius 3 is 2.61 bits per heavy atom. The standard InChI is InChI=1S/C17H26FN3O2/c1-17(2,3)23-16(22)21-8-4-7-20(9-10-21)14-6-5-13(12-19)15(18)11-14/h5-6,11H,4,7-10,12,19H2,1-3H3. The summed E-state index contributed by atoms with van der Waals surface area (Å²) in [4.78, 5) is 16.0. The van der Waals surface area contributed by atoms with Gasteiger partial charge in [0.15, 0.2) is 0 Å². The van der Waals surface area contributed by atoms with Gasteiger partial charge in [0.25, 0.3) is 0 Å². The summed E-state index contributed by atoms with van der Waals surface area (Å²) in [5.41, 5.74) is 6.34. The minimum absolute atomic E-state index is 0.193. The Balaban J connectivity index is 2.01. The second-order valence-corrected chi connectivity index (χ2v) is 6.79. The smallest absolute Gasteiger partial charge is 0.410 e. The Hall–Kier alpha value is -1.82. The van der Waals surface area contributed by atoms with E-state index in [1.807, 2.05) is 26.8 Å². The summed E-state index contributed by atoms with van der Waals surface area (Å²) in [6.07, 6.45) is 0.531. The molecular formula is C17H26FN3O2. The number of nitrogens with two attached hydrogens (primary N) is 1. The molecular weight excluding hydrogens is 297 g/mol. The minimum atomic E-state index is -0.496. The fourth-order valence-corrected chi connectivity index (χ4v) is 2.58. The van der Waals surface area contributed by atoms with E-state index >= 15 is 0 Å². The molecule has 1 aromatic carbocycles. The van der Waals surface area contributed by atoms with Crippen molar-refractivity contribution in [1.82, 2.24) is 4.90 Å². The van der Waals surface area contributed by atoms with Crippen LogP contribution in [0.3, 0.4) is 0 Å². The largest absolute Gasteiger partial charge is 0.444 e. The fraction of sp³-hybridized carbons (Fsp3) is 0.588. The molecule has 128 valence electrons. The van der Waals surface area contributed by atoms with Crippen molar-refractivity contribution in [2.75, 3.05) is 31.1 Å². The first-order valence-corrected chi connectivity index (χ1v) is 8.01. The number of hydrogen-bond acceptors (Lipinski definition) is 4. The van der Waals surface area contributed by atoms with Crippen molar-refractivity contribution in [3.63, 3.8) is 0 Å². The molecule has 6 heteroatoms. The highest BCUT2D eigenvalue weighted by Crippen LogP contribution is 2.21. The van der Waals surface area contributed by atoms with Crippen LogP contribution in [0.2, 0.25) is 0 Å². The zero-order valence-electron chi connectivity index (χ0n) is 14.1. The van der Waals surface area contributed by atoms with Crippen LogP contribution in [0.1, 0.15) is 32.8 Å². The number of ether oxygens (including phenoxy) is 1. The number of anilines is 1. The Morgan fingerprint density at radius 1 is 1.26 bits per heavy atom. The molecule has 0 aromatic heterocycles. The highest BCUT2D eigenvalue weighted by molar-refractivity contribution is 5.68. The second-order valence-electron chi connectivity index (χ2n) is 6.79. The highest BCUT2D eigenvalue weighted by Gasteiger charge is 2.24. The molecule has 1 saturated heterocycles. The second kappa shape index (κ2) is 7.17. The van der Waals surface area contributed by atoms with Crippen molar-refractivity contribution < 1.29 is 13.9 Å². The molecule has 1 aliphatic heterocycles. The normalized spacial score (nSPS) is 16.2. The van der Waals surface area contributed by atoms with E-state index in [2.05, 4.69) is 4.90 Å². The van der Waals surface area contributed by atoms with Crippen molar-refractivity contribution in [1.29, 1.82) is 0 Å². The van der Waals surface area contributed by atoms with Crippen molar-refractivity contribution in [3.05, 3.63) is 29.6 Å². The summed E-state index contributed by atoms with van der Waals surface area (Å²) in [6.45, 7) is 8.41. The predicted octanol–water partition coefficient (Wildman–Crippen LogP) is 2.73. The number of nitrogens with zero attached hydrogens (tertiary/aromatic N) is 2. The van der Waals surface area contributed by atoms with Gasteiger partial charge in [-0.25, -0.2) is 9.18 Å². The first kappa shape index (κ1) is 17.5. The number of carbonyl (C=O) groups excluding carboxylic acids is 1. The number of halogens is 1. The third kappa shape index (κ3) is 4.82. The zero-order chi connectivity index (χ0) is 17.0. The first-order valence-electron chi connectivity index (χ1n) is 8.01. The maximum absolute atomic E-state index is 13.9. The molecule has 2 rings (SSSR count). The average Bonchev–Trinajstić information content (AvgIpc) is 2.71. The topological polar surface area (TPSA) is 58.8 Å². The number of benzene rings is 1. The summed E-state index contributed by atoms with van der Waals surface area (Å²) in [5.74, 6) is -0.279. The molecule has 0 unspecified atom stereocenters. The van der Waals surface area contributed by atoms with Crippen LogP contribution in [0, 0.1) is 5.82 Å². The van der Waals surface area contributed by atoms with Gasteiger partial charge in [-0.1, -0.05) is 6.07 Å². The van der Waals surface area contributed by atoms with E-state index in [1.165, 1.54) is 6.07 Å². The maximum Gasteiger partial charge on any atom is 0.410 e. The van der Waals surface area contributed by atoms with Gasteiger partial charge < -0.3 is 20.3 Å². The predicted molar refractivity (Wildman–Crippen MR) is 88.9 cm³/mol. The Bertz CT molecular complexity index is 557. The first-order chi connectivity index (χ1) is 10.8. The third-order valence-corrected chi connectivity index (χ3v) is 3.77. The van der Waals surface area contributed by atoms with E-state index < -0.39 is 5.60 Å². The number of carbonyl (C=O) groups is 1. The van der Waals surface area contributed by atoms with Gasteiger partial charge in [0.1, 0.15) is 11.4 Å². The molecule has 1 fully saturated rings. The zero-order valence-corrected chi connectivity index (χ0v) is 14.1. The van der Waals surface area contributed by atoms with Crippen LogP contribution in [0.25, 0.3) is 0 Å². The lowest BCUT2D eigenvalue weighted by Gasteiger charge is -2.27. The summed E-state index contributed by atoms with van der Waals surface area (Å²) in [6, 6.07) is 5.13. The van der Waals surface area contributed by atoms with Gasteiger partial charge in [0.05, 0.1) is 0 Å². The molecule has 0 bridgehead atoms. The van der Waals surface area contributed by atoms with Gasteiger partial charge in [-0.2, -0.15) is 0 Å². The van der Waals surface area contributed by atoms with Crippen LogP contribution in [-0.4, -0.2) is 42.8 Å². The van der Waals surface area contributed by atoms with E-state index in [9.17, 15) is 9.18 Å². The van der Waals surface area contributed by atoms with Crippen LogP contribution in [-0.2, 0) is 11.3 Å². The maximum atomic E-state index is 13.9. The Morgan fingerprint density at radius 2 is 2.00 bits per heavy atom. The molecule has 0 spiro atoms. The van der Waals surface area contributed by atoms with E-state index in [0.29, 0.717) is 25.2 Å². The fourth-order valence-electron chi connectivity index (χ4n) is 2.58. The molecule has 2 N–H and O–H groups in total. The molecule has 5 nitrogen and oxygen atoms in total. The van der Waals surface area contributed by atoms with Crippen molar-refractivity contribution in [3.8, 4) is 0 Å². The summed E-state index contributed by atoms with van der Waals surface area (Å²) >= 11 is 0. The monoisotopic (exact) mass is 323 g/mol. The van der Waals surface area contributed by atoms with Gasteiger partial charge in [-0.05, 0) is 39.3 Å². The van der Waals surface area contributed by atoms with Crippen LogP contribution in [0.15, 0.2) is 18.2 Å². The molecule has 23 heavy (non-hydrogen) atoms. The lowest BCUT2D eigenvalue weighted by Crippen LogP contribution is -2.39. The number of amides is 1. The van der Waals surface area contributed by atoms with Gasteiger partial charge in [0, 0.05) is 44.0 Å². The van der Waals surface area contributed by atoms with Crippen LogP contribution in [0.4, 0.5) is 14.9 Å². The molecule has 1 heterocycles. The van der Waals surface area contributed by atoms with E-state index in [1.54, 1.807) is 11.0 Å². The van der Waals surface area contributed by atoms with Crippen LogP contribution >= 0.6 is 0 Å². The van der Waals surface area contributed by atoms with Gasteiger partial charge in [-0.3, -0.25) is 0 Å². The van der Waals surface area contributed by atoms with Gasteiger partial charge >= 0.3 is 6.09 Å². The van der Waals surface area contributed by atoms with Crippen LogP contribution in [0.5, 0.6) is 0 Å². The lowest BCUT2D eigenvalue weighted by molar-refractivity contribution is 0.0263. The SMILES string of the molecule is CC(C)(C)OC(=O)N1CCCN(c2ccc(CN)c(F)c2)CC1. The molecule has 1 aromatic rings. The molecule has 0 aliphatic carbocycles. The van der Waals surface area contributed by atoms with Gasteiger partial charge in [-0.15, -0.1) is 0 Å². The Labute approximate surface area is 137 Å². The van der Waals surface area contributed by atoms with Crippen molar-refractivity contribution in [2.24, 2.45) is 5.73 Å². The molecule has 1 amide bonds. The summed E-state index contributed by atoms with van der Waals surface area (Å²) in [7, 11) is 0. The highest BCUT2D eigenvalue weighted by atomic mass is 19.1. The van der Waals surface area contributed by atoms with E-state index in [-0.39, 0.29) is 18.5 Å². The quantitative estimate of drug-likeness (QED) is 0.909. The third-order valence-electron chi connectivity index (χ3n) is 3.77. The van der Waals surface area contributed by atoms with Gasteiger partial charge in [0.2, 0.25) is 0 Å². The number of hydrogen-bond donors (Lipinski definition) is 1. The molecule has 0 radical (unpaired) electrons. The summed E-state index contributed by atoms with van der Waals surface area (Å²) in [5, 5.41) is 0. The van der Waals surface area contributed by atoms with Crippen molar-refractivity contribution >= 4 is 11.8 Å². The number of rotatable bonds is 2. The van der Waals surface area contributed by atoms with Crippen LogP contribution < -0.4 is 10.6 Å². The minimum Gasteiger partial charge on any atom is -0.444 e. The van der Waals surface area contributed by atoms with E-state index in [4.69, 9.17) is 10.5 Å². The lowest BCUT2D eigenvalue weighted by atomic mass is 10.1. The molecule has 0 saturated carbocycles. The molecule has 0 atom stereocenters. The van der Waals surface area contributed by atoms with Crippen molar-refractivity contribution in [2.45, 2.75) is 39.3 Å².